The van der Waals surface area contributed by atoms with Gasteiger partial charge in [0.2, 0.25) is 5.88 Å². The second kappa shape index (κ2) is 5.58. The summed E-state index contributed by atoms with van der Waals surface area (Å²) in [5.74, 6) is 0.484. The number of rotatable bonds is 3. The van der Waals surface area contributed by atoms with Crippen LogP contribution in [0, 0.1) is 0 Å². The van der Waals surface area contributed by atoms with E-state index in [0.29, 0.717) is 22.4 Å². The number of para-hydroxylation sites is 1. The Morgan fingerprint density at radius 1 is 0.905 bits per heavy atom. The van der Waals surface area contributed by atoms with E-state index in [4.69, 9.17) is 9.47 Å². The average molecular weight is 280 g/mol. The number of hydrogen-bond donors (Lipinski definition) is 0. The third-order valence-corrected chi connectivity index (χ3v) is 2.99. The Balaban J connectivity index is 2.11. The van der Waals surface area contributed by atoms with E-state index in [1.54, 1.807) is 6.07 Å². The third-order valence-electron chi connectivity index (χ3n) is 2.99. The molecule has 1 heterocycles. The fourth-order valence-corrected chi connectivity index (χ4v) is 2.00. The molecule has 5 heteroatoms. The number of methoxy groups -OCH3 is 1. The Bertz CT molecular complexity index is 788. The summed E-state index contributed by atoms with van der Waals surface area (Å²) in [6, 6.07) is 16.6. The lowest BCUT2D eigenvalue weighted by molar-refractivity contribution is 0.0595. The van der Waals surface area contributed by atoms with E-state index < -0.39 is 5.97 Å². The molecular weight excluding hydrogens is 268 g/mol. The van der Waals surface area contributed by atoms with Crippen molar-refractivity contribution in [2.45, 2.75) is 0 Å². The number of hydrogen-bond acceptors (Lipinski definition) is 5. The number of carbonyl (C=O) groups is 1. The Labute approximate surface area is 121 Å². The van der Waals surface area contributed by atoms with Crippen molar-refractivity contribution in [3.8, 4) is 11.6 Å². The molecule has 0 aliphatic heterocycles. The highest BCUT2D eigenvalue weighted by atomic mass is 16.5. The first-order chi connectivity index (χ1) is 10.3. The van der Waals surface area contributed by atoms with Gasteiger partial charge in [-0.1, -0.05) is 36.4 Å². The van der Waals surface area contributed by atoms with Crippen molar-refractivity contribution in [3.05, 3.63) is 60.3 Å². The molecule has 0 amide bonds. The predicted molar refractivity (Wildman–Crippen MR) is 77.4 cm³/mol. The molecule has 0 N–H and O–H groups in total. The summed E-state index contributed by atoms with van der Waals surface area (Å²) in [5, 5.41) is 9.27. The van der Waals surface area contributed by atoms with Crippen molar-refractivity contribution >= 4 is 16.7 Å². The molecular formula is C16H12N2O3. The lowest BCUT2D eigenvalue weighted by atomic mass is 10.1. The van der Waals surface area contributed by atoms with E-state index in [9.17, 15) is 4.79 Å². The van der Waals surface area contributed by atoms with E-state index in [2.05, 4.69) is 10.2 Å². The van der Waals surface area contributed by atoms with E-state index in [-0.39, 0.29) is 5.69 Å². The molecule has 0 saturated heterocycles. The summed E-state index contributed by atoms with van der Waals surface area (Å²) < 4.78 is 10.5. The third kappa shape index (κ3) is 2.53. The molecule has 2 aromatic carbocycles. The number of nitrogens with zero attached hydrogens (tertiary/aromatic N) is 2. The van der Waals surface area contributed by atoms with Gasteiger partial charge in [0, 0.05) is 10.8 Å². The zero-order chi connectivity index (χ0) is 14.7. The van der Waals surface area contributed by atoms with Crippen LogP contribution in [0.15, 0.2) is 54.6 Å². The van der Waals surface area contributed by atoms with Gasteiger partial charge in [0.15, 0.2) is 5.69 Å². The standard InChI is InChI=1S/C16H12N2O3/c1-20-16(19)14-12-9-5-6-10-13(12)15(18-17-14)21-11-7-3-2-4-8-11/h2-10H,1H3. The largest absolute Gasteiger partial charge is 0.464 e. The van der Waals surface area contributed by atoms with Crippen molar-refractivity contribution in [1.29, 1.82) is 0 Å². The van der Waals surface area contributed by atoms with Gasteiger partial charge in [-0.2, -0.15) is 0 Å². The maximum atomic E-state index is 11.7. The van der Waals surface area contributed by atoms with Crippen LogP contribution in [0.4, 0.5) is 0 Å². The van der Waals surface area contributed by atoms with Crippen LogP contribution in [0.2, 0.25) is 0 Å². The van der Waals surface area contributed by atoms with Crippen LogP contribution in [0.25, 0.3) is 10.8 Å². The van der Waals surface area contributed by atoms with Gasteiger partial charge in [-0.15, -0.1) is 10.2 Å². The predicted octanol–water partition coefficient (Wildman–Crippen LogP) is 3.21. The molecule has 0 spiro atoms. The van der Waals surface area contributed by atoms with Gasteiger partial charge < -0.3 is 9.47 Å². The van der Waals surface area contributed by atoms with Crippen LogP contribution in [-0.2, 0) is 4.74 Å². The number of benzene rings is 2. The molecule has 0 atom stereocenters. The van der Waals surface area contributed by atoms with Crippen LogP contribution in [0.1, 0.15) is 10.5 Å². The highest BCUT2D eigenvalue weighted by Crippen LogP contribution is 2.28. The number of fused-ring (bicyclic) bond motifs is 1. The lowest BCUT2D eigenvalue weighted by Gasteiger charge is -2.09. The normalized spacial score (nSPS) is 10.3. The molecule has 0 unspecified atom stereocenters. The van der Waals surface area contributed by atoms with Crippen LogP contribution < -0.4 is 4.74 Å². The second-order valence-electron chi connectivity index (χ2n) is 4.31. The van der Waals surface area contributed by atoms with Crippen LogP contribution in [0.3, 0.4) is 0 Å². The molecule has 0 aliphatic rings. The SMILES string of the molecule is COC(=O)c1nnc(Oc2ccccc2)c2ccccc12. The Morgan fingerprint density at radius 3 is 2.29 bits per heavy atom. The minimum absolute atomic E-state index is 0.175. The summed E-state index contributed by atoms with van der Waals surface area (Å²) in [6.07, 6.45) is 0. The fourth-order valence-electron chi connectivity index (χ4n) is 2.00. The molecule has 0 fully saturated rings. The smallest absolute Gasteiger partial charge is 0.359 e. The number of esters is 1. The summed E-state index contributed by atoms with van der Waals surface area (Å²) in [4.78, 5) is 11.7. The van der Waals surface area contributed by atoms with Gasteiger partial charge in [-0.05, 0) is 18.2 Å². The molecule has 0 aliphatic carbocycles. The van der Waals surface area contributed by atoms with Gasteiger partial charge in [0.25, 0.3) is 0 Å². The lowest BCUT2D eigenvalue weighted by Crippen LogP contribution is -2.07. The maximum absolute atomic E-state index is 11.7. The van der Waals surface area contributed by atoms with Crippen molar-refractivity contribution < 1.29 is 14.3 Å². The molecule has 21 heavy (non-hydrogen) atoms. The topological polar surface area (TPSA) is 61.3 Å². The first-order valence-corrected chi connectivity index (χ1v) is 6.36. The summed E-state index contributed by atoms with van der Waals surface area (Å²) >= 11 is 0. The molecule has 0 radical (unpaired) electrons. The maximum Gasteiger partial charge on any atom is 0.359 e. The average Bonchev–Trinajstić information content (AvgIpc) is 2.55. The van der Waals surface area contributed by atoms with Gasteiger partial charge in [0.05, 0.1) is 7.11 Å². The summed E-state index contributed by atoms with van der Waals surface area (Å²) in [6.45, 7) is 0. The van der Waals surface area contributed by atoms with E-state index >= 15 is 0 Å². The van der Waals surface area contributed by atoms with Crippen molar-refractivity contribution in [3.63, 3.8) is 0 Å². The quantitative estimate of drug-likeness (QED) is 0.689. The van der Waals surface area contributed by atoms with E-state index in [1.165, 1.54) is 7.11 Å². The first kappa shape index (κ1) is 13.1. The van der Waals surface area contributed by atoms with Gasteiger partial charge in [-0.25, -0.2) is 4.79 Å². The first-order valence-electron chi connectivity index (χ1n) is 6.36. The second-order valence-corrected chi connectivity index (χ2v) is 4.31. The number of carbonyl (C=O) groups excluding carboxylic acids is 1. The molecule has 1 aromatic heterocycles. The minimum Gasteiger partial charge on any atom is -0.464 e. The monoisotopic (exact) mass is 280 g/mol. The Hall–Kier alpha value is -2.95. The Morgan fingerprint density at radius 2 is 1.57 bits per heavy atom. The van der Waals surface area contributed by atoms with Crippen LogP contribution in [-0.4, -0.2) is 23.3 Å². The number of ether oxygens (including phenoxy) is 2. The van der Waals surface area contributed by atoms with E-state index in [1.807, 2.05) is 48.5 Å². The zero-order valence-corrected chi connectivity index (χ0v) is 11.3. The van der Waals surface area contributed by atoms with Crippen molar-refractivity contribution in [2.75, 3.05) is 7.11 Å². The molecule has 104 valence electrons. The Kier molecular flexibility index (Phi) is 3.47. The summed E-state index contributed by atoms with van der Waals surface area (Å²) in [5.41, 5.74) is 0.175. The molecule has 3 rings (SSSR count). The minimum atomic E-state index is -0.523. The van der Waals surface area contributed by atoms with Crippen LogP contribution >= 0.6 is 0 Å². The molecule has 5 nitrogen and oxygen atoms in total. The molecule has 3 aromatic rings. The van der Waals surface area contributed by atoms with Gasteiger partial charge in [0.1, 0.15) is 5.75 Å². The highest BCUT2D eigenvalue weighted by molar-refractivity contribution is 6.03. The van der Waals surface area contributed by atoms with Gasteiger partial charge >= 0.3 is 5.97 Å². The van der Waals surface area contributed by atoms with Gasteiger partial charge in [-0.3, -0.25) is 0 Å². The fraction of sp³-hybridized carbons (Fsp3) is 0.0625. The van der Waals surface area contributed by atoms with Crippen molar-refractivity contribution in [2.24, 2.45) is 0 Å². The highest BCUT2D eigenvalue weighted by Gasteiger charge is 2.16. The zero-order valence-electron chi connectivity index (χ0n) is 11.3. The van der Waals surface area contributed by atoms with E-state index in [0.717, 1.165) is 0 Å². The summed E-state index contributed by atoms with van der Waals surface area (Å²) in [7, 11) is 1.31. The number of aromatic nitrogens is 2. The molecule has 0 saturated carbocycles. The van der Waals surface area contributed by atoms with Crippen molar-refractivity contribution in [1.82, 2.24) is 10.2 Å². The molecule has 0 bridgehead atoms. The van der Waals surface area contributed by atoms with Crippen LogP contribution in [0.5, 0.6) is 11.6 Å².